The summed E-state index contributed by atoms with van der Waals surface area (Å²) < 4.78 is 0.452. The number of thioether (sulfide) groups is 1. The van der Waals surface area contributed by atoms with Gasteiger partial charge in [-0.2, -0.15) is 0 Å². The Morgan fingerprint density at radius 3 is 2.32 bits per heavy atom. The van der Waals surface area contributed by atoms with Crippen LogP contribution in [0.4, 0.5) is 5.69 Å². The van der Waals surface area contributed by atoms with Crippen LogP contribution in [0.25, 0.3) is 6.08 Å². The van der Waals surface area contributed by atoms with Crippen LogP contribution in [-0.2, 0) is 9.59 Å². The van der Waals surface area contributed by atoms with Gasteiger partial charge in [0, 0.05) is 24.2 Å². The molecule has 0 radical (unpaired) electrons. The van der Waals surface area contributed by atoms with Crippen LogP contribution >= 0.6 is 24.0 Å². The maximum absolute atomic E-state index is 12.8. The summed E-state index contributed by atoms with van der Waals surface area (Å²) >= 11 is 6.60. The number of Topliss-reactive ketones (excluding diaryl/α,β-unsaturated/α-hetero) is 1. The number of carbonyl (C=O) groups excluding carboxylic acids is 3. The molecular weight excluding hydrogens is 428 g/mol. The van der Waals surface area contributed by atoms with Gasteiger partial charge in [-0.1, -0.05) is 62.1 Å². The van der Waals surface area contributed by atoms with E-state index in [9.17, 15) is 14.4 Å². The normalized spacial score (nSPS) is 15.1. The molecule has 0 saturated carbocycles. The van der Waals surface area contributed by atoms with Crippen molar-refractivity contribution in [2.24, 2.45) is 0 Å². The first-order valence-corrected chi connectivity index (χ1v) is 11.2. The highest BCUT2D eigenvalue weighted by molar-refractivity contribution is 8.26. The standard InChI is InChI=1S/C24H24N2O3S2/c1-15(2)18-6-4-17(5-7-18)14-21-23(29)26(24(30)31-21)13-12-22(28)25-20-10-8-19(9-11-20)16(3)27/h4-11,14-15H,12-13H2,1-3H3,(H,25,28)/b21-14-. The van der Waals surface area contributed by atoms with Gasteiger partial charge < -0.3 is 5.32 Å². The third-order valence-corrected chi connectivity index (χ3v) is 6.29. The smallest absolute Gasteiger partial charge is 0.266 e. The highest BCUT2D eigenvalue weighted by Crippen LogP contribution is 2.32. The number of rotatable bonds is 7. The zero-order valence-corrected chi connectivity index (χ0v) is 19.3. The lowest BCUT2D eigenvalue weighted by atomic mass is 10.0. The monoisotopic (exact) mass is 452 g/mol. The summed E-state index contributed by atoms with van der Waals surface area (Å²) in [4.78, 5) is 38.4. The highest BCUT2D eigenvalue weighted by Gasteiger charge is 2.32. The molecule has 0 aliphatic carbocycles. The van der Waals surface area contributed by atoms with E-state index in [1.54, 1.807) is 24.3 Å². The summed E-state index contributed by atoms with van der Waals surface area (Å²) in [6.07, 6.45) is 1.96. The second-order valence-electron chi connectivity index (χ2n) is 7.59. The fourth-order valence-electron chi connectivity index (χ4n) is 3.05. The van der Waals surface area contributed by atoms with Crippen LogP contribution in [0.2, 0.25) is 0 Å². The van der Waals surface area contributed by atoms with Crippen molar-refractivity contribution in [1.29, 1.82) is 0 Å². The van der Waals surface area contributed by atoms with E-state index in [0.717, 1.165) is 5.56 Å². The number of hydrogen-bond acceptors (Lipinski definition) is 5. The molecule has 0 aromatic heterocycles. The van der Waals surface area contributed by atoms with Crippen molar-refractivity contribution in [3.8, 4) is 0 Å². The van der Waals surface area contributed by atoms with Gasteiger partial charge in [0.1, 0.15) is 4.32 Å². The summed E-state index contributed by atoms with van der Waals surface area (Å²) in [5, 5.41) is 2.77. The van der Waals surface area contributed by atoms with E-state index >= 15 is 0 Å². The molecule has 0 unspecified atom stereocenters. The molecule has 5 nitrogen and oxygen atoms in total. The van der Waals surface area contributed by atoms with Crippen molar-refractivity contribution >= 4 is 57.7 Å². The molecule has 1 N–H and O–H groups in total. The molecule has 0 bridgehead atoms. The summed E-state index contributed by atoms with van der Waals surface area (Å²) in [6.45, 7) is 5.98. The van der Waals surface area contributed by atoms with E-state index in [-0.39, 0.29) is 30.6 Å². The second-order valence-corrected chi connectivity index (χ2v) is 9.26. The molecule has 3 rings (SSSR count). The van der Waals surface area contributed by atoms with Gasteiger partial charge in [-0.25, -0.2) is 0 Å². The van der Waals surface area contributed by atoms with Gasteiger partial charge >= 0.3 is 0 Å². The Balaban J connectivity index is 1.58. The molecule has 0 spiro atoms. The van der Waals surface area contributed by atoms with Gasteiger partial charge in [-0.05, 0) is 54.3 Å². The van der Waals surface area contributed by atoms with Gasteiger partial charge in [-0.3, -0.25) is 19.3 Å². The third kappa shape index (κ3) is 5.89. The predicted molar refractivity (Wildman–Crippen MR) is 130 cm³/mol. The molecular formula is C24H24N2O3S2. The number of nitrogens with one attached hydrogen (secondary N) is 1. The quantitative estimate of drug-likeness (QED) is 0.353. The summed E-state index contributed by atoms with van der Waals surface area (Å²) in [5.41, 5.74) is 3.37. The van der Waals surface area contributed by atoms with Crippen molar-refractivity contribution in [3.63, 3.8) is 0 Å². The Morgan fingerprint density at radius 1 is 1.10 bits per heavy atom. The number of benzene rings is 2. The number of ketones is 1. The van der Waals surface area contributed by atoms with Crippen molar-refractivity contribution in [3.05, 3.63) is 70.1 Å². The maximum Gasteiger partial charge on any atom is 0.266 e. The van der Waals surface area contributed by atoms with Crippen molar-refractivity contribution < 1.29 is 14.4 Å². The van der Waals surface area contributed by atoms with Crippen molar-refractivity contribution in [2.45, 2.75) is 33.1 Å². The van der Waals surface area contributed by atoms with E-state index in [4.69, 9.17) is 12.2 Å². The molecule has 2 amide bonds. The Hall–Kier alpha value is -2.77. The van der Waals surface area contributed by atoms with Gasteiger partial charge in [0.2, 0.25) is 5.91 Å². The minimum Gasteiger partial charge on any atom is -0.326 e. The van der Waals surface area contributed by atoms with Crippen molar-refractivity contribution in [1.82, 2.24) is 4.90 Å². The van der Waals surface area contributed by atoms with Crippen LogP contribution in [0, 0.1) is 0 Å². The topological polar surface area (TPSA) is 66.5 Å². The molecule has 1 fully saturated rings. The Kier molecular flexibility index (Phi) is 7.41. The molecule has 1 aliphatic heterocycles. The Morgan fingerprint density at radius 2 is 1.74 bits per heavy atom. The van der Waals surface area contributed by atoms with E-state index in [1.807, 2.05) is 18.2 Å². The number of nitrogens with zero attached hydrogens (tertiary/aromatic N) is 1. The van der Waals surface area contributed by atoms with Gasteiger partial charge in [0.15, 0.2) is 5.78 Å². The lowest BCUT2D eigenvalue weighted by Crippen LogP contribution is -2.31. The van der Waals surface area contributed by atoms with E-state index in [1.165, 1.54) is 29.1 Å². The average molecular weight is 453 g/mol. The summed E-state index contributed by atoms with van der Waals surface area (Å²) in [5.74, 6) is 0.0149. The van der Waals surface area contributed by atoms with E-state index in [0.29, 0.717) is 26.4 Å². The molecule has 2 aromatic carbocycles. The summed E-state index contributed by atoms with van der Waals surface area (Å²) in [7, 11) is 0. The van der Waals surface area contributed by atoms with Gasteiger partial charge in [0.05, 0.1) is 4.91 Å². The molecule has 1 saturated heterocycles. The fourth-order valence-corrected chi connectivity index (χ4v) is 4.35. The predicted octanol–water partition coefficient (Wildman–Crippen LogP) is 5.24. The van der Waals surface area contributed by atoms with E-state index in [2.05, 4.69) is 31.3 Å². The number of anilines is 1. The molecule has 31 heavy (non-hydrogen) atoms. The lowest BCUT2D eigenvalue weighted by molar-refractivity contribution is -0.122. The largest absolute Gasteiger partial charge is 0.326 e. The molecule has 1 heterocycles. The Labute approximate surface area is 191 Å². The highest BCUT2D eigenvalue weighted by atomic mass is 32.2. The van der Waals surface area contributed by atoms with Gasteiger partial charge in [-0.15, -0.1) is 0 Å². The summed E-state index contributed by atoms with van der Waals surface area (Å²) in [6, 6.07) is 14.8. The van der Waals surface area contributed by atoms with Crippen LogP contribution in [0.1, 0.15) is 54.6 Å². The van der Waals surface area contributed by atoms with Crippen molar-refractivity contribution in [2.75, 3.05) is 11.9 Å². The lowest BCUT2D eigenvalue weighted by Gasteiger charge is -2.14. The number of thiocarbonyl (C=S) groups is 1. The molecule has 160 valence electrons. The molecule has 0 atom stereocenters. The first-order valence-electron chi connectivity index (χ1n) is 10.0. The maximum atomic E-state index is 12.8. The molecule has 7 heteroatoms. The molecule has 2 aromatic rings. The third-order valence-electron chi connectivity index (χ3n) is 4.91. The van der Waals surface area contributed by atoms with Crippen LogP contribution in [0.3, 0.4) is 0 Å². The van der Waals surface area contributed by atoms with Gasteiger partial charge in [0.25, 0.3) is 5.91 Å². The zero-order chi connectivity index (χ0) is 22.5. The number of carbonyl (C=O) groups is 3. The average Bonchev–Trinajstić information content (AvgIpc) is 2.99. The van der Waals surface area contributed by atoms with Crippen LogP contribution in [0.15, 0.2) is 53.4 Å². The van der Waals surface area contributed by atoms with Crippen LogP contribution in [0.5, 0.6) is 0 Å². The van der Waals surface area contributed by atoms with Crippen LogP contribution in [-0.4, -0.2) is 33.4 Å². The fraction of sp³-hybridized carbons (Fsp3) is 0.250. The first-order chi connectivity index (χ1) is 14.7. The zero-order valence-electron chi connectivity index (χ0n) is 17.7. The second kappa shape index (κ2) is 10.0. The minimum atomic E-state index is -0.224. The van der Waals surface area contributed by atoms with E-state index < -0.39 is 0 Å². The molecule has 1 aliphatic rings. The Bertz CT molecular complexity index is 1040. The first kappa shape index (κ1) is 22.9. The SMILES string of the molecule is CC(=O)c1ccc(NC(=O)CCN2C(=O)/C(=C/c3ccc(C(C)C)cc3)SC2=S)cc1. The number of hydrogen-bond donors (Lipinski definition) is 1. The van der Waals surface area contributed by atoms with Crippen LogP contribution < -0.4 is 5.32 Å². The minimum absolute atomic E-state index is 0.0313. The number of amides is 2.